The number of ether oxygens (including phenoxy) is 1. The number of pyridine rings is 1. The molecule has 2 fully saturated rings. The summed E-state index contributed by atoms with van der Waals surface area (Å²) in [6.07, 6.45) is 4.44. The Morgan fingerprint density at radius 1 is 1.16 bits per heavy atom. The van der Waals surface area contributed by atoms with Gasteiger partial charge in [-0.1, -0.05) is 43.7 Å². The fourth-order valence-electron chi connectivity index (χ4n) is 5.61. The molecule has 10 heteroatoms. The lowest BCUT2D eigenvalue weighted by molar-refractivity contribution is -0.160. The lowest BCUT2D eigenvalue weighted by Gasteiger charge is -2.28. The van der Waals surface area contributed by atoms with E-state index in [2.05, 4.69) is 20.5 Å². The molecule has 3 unspecified atom stereocenters. The highest BCUT2D eigenvalue weighted by Gasteiger charge is 2.40. The van der Waals surface area contributed by atoms with E-state index in [4.69, 9.17) is 9.07 Å². The Labute approximate surface area is 228 Å². The largest absolute Gasteiger partial charge is 0.481 e. The van der Waals surface area contributed by atoms with Crippen LogP contribution in [0.15, 0.2) is 47.5 Å². The van der Waals surface area contributed by atoms with Gasteiger partial charge in [0, 0.05) is 23.6 Å². The fourth-order valence-corrected chi connectivity index (χ4v) is 6.05. The van der Waals surface area contributed by atoms with Crippen LogP contribution in [0.3, 0.4) is 0 Å². The monoisotopic (exact) mass is 543 g/mol. The van der Waals surface area contributed by atoms with E-state index in [1.165, 1.54) is 39.5 Å². The lowest BCUT2D eigenvalue weighted by atomic mass is 9.92. The van der Waals surface area contributed by atoms with Crippen molar-refractivity contribution < 1.29 is 28.7 Å². The van der Waals surface area contributed by atoms with Gasteiger partial charge in [0.15, 0.2) is 0 Å². The number of methoxy groups -OCH3 is 1. The molecule has 206 valence electrons. The molecule has 2 bridgehead atoms. The second kappa shape index (κ2) is 13.4. The number of benzene rings is 1. The van der Waals surface area contributed by atoms with Crippen LogP contribution in [0.25, 0.3) is 0 Å². The Hall–Kier alpha value is -2.66. The maximum absolute atomic E-state index is 13.3. The van der Waals surface area contributed by atoms with Crippen molar-refractivity contribution in [3.63, 3.8) is 0 Å². The molecule has 0 aliphatic heterocycles. The Balaban J connectivity index is 1.44. The third-order valence-electron chi connectivity index (χ3n) is 7.62. The van der Waals surface area contributed by atoms with Gasteiger partial charge in [0.25, 0.3) is 5.91 Å². The number of aliphatic hydroxyl groups excluding tert-OH is 1. The van der Waals surface area contributed by atoms with Gasteiger partial charge >= 0.3 is 0 Å². The summed E-state index contributed by atoms with van der Waals surface area (Å²) >= 11 is 0.851. The number of carbonyl (C=O) groups excluding carboxylic acids is 2. The molecule has 2 amide bonds. The van der Waals surface area contributed by atoms with Crippen LogP contribution in [0.4, 0.5) is 0 Å². The average molecular weight is 544 g/mol. The summed E-state index contributed by atoms with van der Waals surface area (Å²) in [7, 11) is 2.83. The van der Waals surface area contributed by atoms with E-state index in [1.54, 1.807) is 6.07 Å². The van der Waals surface area contributed by atoms with Gasteiger partial charge in [-0.2, -0.15) is 4.33 Å². The van der Waals surface area contributed by atoms with Crippen molar-refractivity contribution in [2.75, 3.05) is 14.2 Å². The first-order chi connectivity index (χ1) is 18.4. The first-order valence-corrected chi connectivity index (χ1v) is 13.9. The summed E-state index contributed by atoms with van der Waals surface area (Å²) in [5.41, 5.74) is 1.26. The van der Waals surface area contributed by atoms with Gasteiger partial charge in [0.2, 0.25) is 11.8 Å². The maximum Gasteiger partial charge on any atom is 0.251 e. The van der Waals surface area contributed by atoms with Crippen molar-refractivity contribution in [3.8, 4) is 5.88 Å². The molecule has 0 saturated heterocycles. The number of nitrogens with zero attached hydrogens (tertiary/aromatic N) is 1. The molecule has 3 N–H and O–H groups in total. The standard InChI is InChI=1S/C28H37N3O6S/c1-17(27(33)29-22-14-19-9-10-20(22)12-19)11-24(32)23(13-18-7-5-4-6-8-18)30-28(34)21-15-25(35-2)31-26(16-21)38-37-36-3/h4-8,15-17,19-20,22-24,32H,9-14H2,1-3H3,(H,29,33)(H,30,34)/t17-,19?,20?,22?,23+,24+/m1/s1. The van der Waals surface area contributed by atoms with Gasteiger partial charge in [-0.3, -0.25) is 9.59 Å². The number of aromatic nitrogens is 1. The van der Waals surface area contributed by atoms with E-state index < -0.39 is 24.0 Å². The second-order valence-corrected chi connectivity index (χ2v) is 11.0. The van der Waals surface area contributed by atoms with Gasteiger partial charge in [-0.05, 0) is 55.6 Å². The summed E-state index contributed by atoms with van der Waals surface area (Å²) in [4.78, 5) is 35.1. The number of carbonyl (C=O) groups is 2. The van der Waals surface area contributed by atoms with Gasteiger partial charge in [-0.25, -0.2) is 9.87 Å². The van der Waals surface area contributed by atoms with Crippen LogP contribution in [0.1, 0.15) is 54.9 Å². The van der Waals surface area contributed by atoms with Crippen LogP contribution in [-0.4, -0.2) is 54.3 Å². The Morgan fingerprint density at radius 3 is 2.61 bits per heavy atom. The van der Waals surface area contributed by atoms with Crippen molar-refractivity contribution in [2.24, 2.45) is 17.8 Å². The fraction of sp³-hybridized carbons (Fsp3) is 0.536. The van der Waals surface area contributed by atoms with E-state index in [-0.39, 0.29) is 24.2 Å². The van der Waals surface area contributed by atoms with Crippen LogP contribution in [0, 0.1) is 17.8 Å². The van der Waals surface area contributed by atoms with Crippen LogP contribution in [-0.2, 0) is 20.4 Å². The van der Waals surface area contributed by atoms with Gasteiger partial charge in [-0.15, -0.1) is 0 Å². The molecule has 0 spiro atoms. The Morgan fingerprint density at radius 2 is 1.95 bits per heavy atom. The first kappa shape index (κ1) is 28.4. The summed E-state index contributed by atoms with van der Waals surface area (Å²) in [6, 6.07) is 12.3. The Bertz CT molecular complexity index is 1090. The molecule has 1 aromatic heterocycles. The molecular formula is C28H37N3O6S. The highest BCUT2D eigenvalue weighted by molar-refractivity contribution is 7.94. The predicted octanol–water partition coefficient (Wildman–Crippen LogP) is 3.71. The third kappa shape index (κ3) is 7.47. The molecule has 2 saturated carbocycles. The van der Waals surface area contributed by atoms with Crippen LogP contribution >= 0.6 is 12.0 Å². The zero-order chi connectivity index (χ0) is 27.1. The molecule has 9 nitrogen and oxygen atoms in total. The van der Waals surface area contributed by atoms with E-state index >= 15 is 0 Å². The lowest BCUT2D eigenvalue weighted by Crippen LogP contribution is -2.47. The number of hydrogen-bond acceptors (Lipinski definition) is 8. The topological polar surface area (TPSA) is 119 Å². The molecule has 2 aliphatic carbocycles. The van der Waals surface area contributed by atoms with E-state index in [0.717, 1.165) is 29.9 Å². The molecular weight excluding hydrogens is 506 g/mol. The molecule has 6 atom stereocenters. The van der Waals surface area contributed by atoms with Crippen molar-refractivity contribution in [1.82, 2.24) is 15.6 Å². The van der Waals surface area contributed by atoms with E-state index in [1.807, 2.05) is 37.3 Å². The van der Waals surface area contributed by atoms with Crippen molar-refractivity contribution in [1.29, 1.82) is 0 Å². The minimum atomic E-state index is -0.936. The van der Waals surface area contributed by atoms with Gasteiger partial charge in [0.1, 0.15) is 5.03 Å². The summed E-state index contributed by atoms with van der Waals surface area (Å²) in [5, 5.41) is 17.8. The molecule has 1 heterocycles. The number of nitrogens with one attached hydrogen (secondary N) is 2. The number of amides is 2. The molecule has 38 heavy (non-hydrogen) atoms. The molecule has 2 aliphatic rings. The normalized spacial score (nSPS) is 22.5. The van der Waals surface area contributed by atoms with E-state index in [9.17, 15) is 14.7 Å². The van der Waals surface area contributed by atoms with Crippen LogP contribution < -0.4 is 15.4 Å². The quantitative estimate of drug-likeness (QED) is 0.199. The SMILES string of the molecule is COOSc1cc(C(=O)N[C@@H](Cc2ccccc2)[C@@H](O)C[C@@H](C)C(=O)NC2CC3CCC2C3)cc(OC)n1. The number of rotatable bonds is 13. The van der Waals surface area contributed by atoms with Crippen LogP contribution in [0.5, 0.6) is 5.88 Å². The zero-order valence-electron chi connectivity index (χ0n) is 22.1. The summed E-state index contributed by atoms with van der Waals surface area (Å²) < 4.78 is 10.1. The molecule has 0 radical (unpaired) electrons. The Kier molecular flexibility index (Phi) is 10.0. The first-order valence-electron chi connectivity index (χ1n) is 13.1. The van der Waals surface area contributed by atoms with Gasteiger partial charge in [0.05, 0.1) is 38.4 Å². The minimum absolute atomic E-state index is 0.0370. The second-order valence-electron chi connectivity index (χ2n) is 10.3. The zero-order valence-corrected chi connectivity index (χ0v) is 22.9. The predicted molar refractivity (Wildman–Crippen MR) is 143 cm³/mol. The smallest absolute Gasteiger partial charge is 0.251 e. The van der Waals surface area contributed by atoms with Crippen molar-refractivity contribution in [3.05, 3.63) is 53.6 Å². The highest BCUT2D eigenvalue weighted by Crippen LogP contribution is 2.44. The molecule has 1 aromatic carbocycles. The van der Waals surface area contributed by atoms with Crippen LogP contribution in [0.2, 0.25) is 0 Å². The van der Waals surface area contributed by atoms with E-state index in [0.29, 0.717) is 22.9 Å². The summed E-state index contributed by atoms with van der Waals surface area (Å²) in [6.45, 7) is 1.83. The maximum atomic E-state index is 13.3. The molecule has 2 aromatic rings. The minimum Gasteiger partial charge on any atom is -0.481 e. The highest BCUT2D eigenvalue weighted by atomic mass is 32.2. The molecule has 4 rings (SSSR count). The number of aliphatic hydroxyl groups is 1. The average Bonchev–Trinajstić information content (AvgIpc) is 3.55. The van der Waals surface area contributed by atoms with Crippen molar-refractivity contribution in [2.45, 2.75) is 68.7 Å². The summed E-state index contributed by atoms with van der Waals surface area (Å²) in [5.74, 6) is 0.735. The van der Waals surface area contributed by atoms with Gasteiger partial charge < -0.3 is 20.5 Å². The number of hydrogen-bond donors (Lipinski definition) is 3. The number of fused-ring (bicyclic) bond motifs is 2. The van der Waals surface area contributed by atoms with Crippen molar-refractivity contribution >= 4 is 23.9 Å². The third-order valence-corrected chi connectivity index (χ3v) is 8.21.